The first-order valence-electron chi connectivity index (χ1n) is 5.90. The maximum absolute atomic E-state index is 11.4. The van der Waals surface area contributed by atoms with Crippen molar-refractivity contribution in [3.63, 3.8) is 0 Å². The third-order valence-electron chi connectivity index (χ3n) is 2.65. The number of carboxylic acid groups (broad SMARTS) is 1. The predicted octanol–water partition coefficient (Wildman–Crippen LogP) is 2.60. The molecule has 1 N–H and O–H groups in total. The molecule has 0 atom stereocenters. The third-order valence-corrected chi connectivity index (χ3v) is 4.42. The van der Waals surface area contributed by atoms with Gasteiger partial charge in [0.25, 0.3) is 0 Å². The zero-order valence-electron chi connectivity index (χ0n) is 10.5. The monoisotopic (exact) mass is 306 g/mol. The highest BCUT2D eigenvalue weighted by Crippen LogP contribution is 2.31. The van der Waals surface area contributed by atoms with Crippen LogP contribution in [0.4, 0.5) is 0 Å². The van der Waals surface area contributed by atoms with Gasteiger partial charge in [-0.1, -0.05) is 13.0 Å². The molecule has 0 radical (unpaired) electrons. The maximum atomic E-state index is 11.4. The van der Waals surface area contributed by atoms with Crippen molar-refractivity contribution in [3.8, 4) is 0 Å². The summed E-state index contributed by atoms with van der Waals surface area (Å²) in [6.45, 7) is 1.98. The molecule has 6 nitrogen and oxygen atoms in total. The smallest absolute Gasteiger partial charge is 0.355 e. The van der Waals surface area contributed by atoms with E-state index >= 15 is 0 Å². The number of nitrogens with zero attached hydrogens (tertiary/aromatic N) is 4. The van der Waals surface area contributed by atoms with E-state index in [1.54, 1.807) is 22.7 Å². The molecule has 0 fully saturated rings. The molecule has 102 valence electrons. The molecule has 0 aliphatic rings. The third kappa shape index (κ3) is 2.27. The fourth-order valence-electron chi connectivity index (χ4n) is 1.75. The summed E-state index contributed by atoms with van der Waals surface area (Å²) in [6, 6.07) is 5.37. The molecule has 8 heteroatoms. The van der Waals surface area contributed by atoms with E-state index in [2.05, 4.69) is 14.3 Å². The first-order valence-corrected chi connectivity index (χ1v) is 7.49. The molecule has 0 aliphatic heterocycles. The van der Waals surface area contributed by atoms with Crippen molar-refractivity contribution < 1.29 is 9.90 Å². The van der Waals surface area contributed by atoms with Crippen LogP contribution >= 0.6 is 23.3 Å². The van der Waals surface area contributed by atoms with Crippen molar-refractivity contribution in [2.45, 2.75) is 22.7 Å². The molecule has 0 saturated carbocycles. The van der Waals surface area contributed by atoms with E-state index < -0.39 is 5.97 Å². The normalized spacial score (nSPS) is 11.1. The van der Waals surface area contributed by atoms with Crippen LogP contribution in [0.1, 0.15) is 23.2 Å². The van der Waals surface area contributed by atoms with Gasteiger partial charge in [-0.05, 0) is 35.4 Å². The SMILES string of the molecule is CCc1nsc(Sc2nc3ccccn3c2C(=O)O)n1. The van der Waals surface area contributed by atoms with E-state index in [9.17, 15) is 9.90 Å². The van der Waals surface area contributed by atoms with Crippen LogP contribution in [0.15, 0.2) is 33.8 Å². The Morgan fingerprint density at radius 1 is 1.45 bits per heavy atom. The lowest BCUT2D eigenvalue weighted by Crippen LogP contribution is -2.02. The van der Waals surface area contributed by atoms with Gasteiger partial charge in [0.1, 0.15) is 16.5 Å². The molecule has 0 spiro atoms. The zero-order chi connectivity index (χ0) is 14.1. The zero-order valence-corrected chi connectivity index (χ0v) is 12.1. The van der Waals surface area contributed by atoms with Crippen LogP contribution in [0.5, 0.6) is 0 Å². The fraction of sp³-hybridized carbons (Fsp3) is 0.167. The number of aromatic nitrogens is 4. The van der Waals surface area contributed by atoms with Crippen molar-refractivity contribution in [1.29, 1.82) is 0 Å². The van der Waals surface area contributed by atoms with Crippen LogP contribution in [0.25, 0.3) is 5.65 Å². The summed E-state index contributed by atoms with van der Waals surface area (Å²) in [5.74, 6) is -0.246. The summed E-state index contributed by atoms with van der Waals surface area (Å²) < 4.78 is 6.45. The summed E-state index contributed by atoms with van der Waals surface area (Å²) in [5, 5.41) is 9.81. The van der Waals surface area contributed by atoms with Gasteiger partial charge in [0.05, 0.1) is 0 Å². The van der Waals surface area contributed by atoms with Crippen molar-refractivity contribution in [1.82, 2.24) is 18.7 Å². The van der Waals surface area contributed by atoms with Crippen LogP contribution in [-0.2, 0) is 6.42 Å². The summed E-state index contributed by atoms with van der Waals surface area (Å²) in [6.07, 6.45) is 2.45. The van der Waals surface area contributed by atoms with Crippen LogP contribution in [-0.4, -0.2) is 29.8 Å². The summed E-state index contributed by atoms with van der Waals surface area (Å²) >= 11 is 2.50. The molecule has 3 aromatic heterocycles. The molecular weight excluding hydrogens is 296 g/mol. The average molecular weight is 306 g/mol. The molecule has 3 aromatic rings. The summed E-state index contributed by atoms with van der Waals surface area (Å²) in [7, 11) is 0. The Labute approximate surface area is 122 Å². The Morgan fingerprint density at radius 3 is 3.00 bits per heavy atom. The molecule has 0 amide bonds. The quantitative estimate of drug-likeness (QED) is 0.798. The van der Waals surface area contributed by atoms with Gasteiger partial charge in [-0.3, -0.25) is 4.40 Å². The van der Waals surface area contributed by atoms with Crippen molar-refractivity contribution in [3.05, 3.63) is 35.9 Å². The van der Waals surface area contributed by atoms with E-state index in [1.165, 1.54) is 23.3 Å². The minimum absolute atomic E-state index is 0.152. The Hall–Kier alpha value is -1.93. The number of aryl methyl sites for hydroxylation is 1. The second-order valence-corrected chi connectivity index (χ2v) is 5.92. The number of hydrogen-bond acceptors (Lipinski definition) is 6. The Kier molecular flexibility index (Phi) is 3.41. The van der Waals surface area contributed by atoms with Crippen molar-refractivity contribution in [2.24, 2.45) is 0 Å². The number of hydrogen-bond donors (Lipinski definition) is 1. The highest BCUT2D eigenvalue weighted by Gasteiger charge is 2.20. The van der Waals surface area contributed by atoms with Crippen LogP contribution in [0, 0.1) is 0 Å². The minimum Gasteiger partial charge on any atom is -0.476 e. The number of pyridine rings is 1. The Morgan fingerprint density at radius 2 is 2.30 bits per heavy atom. The lowest BCUT2D eigenvalue weighted by Gasteiger charge is -1.97. The Balaban J connectivity index is 2.06. The van der Waals surface area contributed by atoms with Crippen LogP contribution in [0.3, 0.4) is 0 Å². The lowest BCUT2D eigenvalue weighted by atomic mass is 10.4. The minimum atomic E-state index is -1.01. The van der Waals surface area contributed by atoms with Crippen LogP contribution in [0.2, 0.25) is 0 Å². The predicted molar refractivity (Wildman–Crippen MR) is 75.6 cm³/mol. The molecule has 3 rings (SSSR count). The summed E-state index contributed by atoms with van der Waals surface area (Å²) in [5.41, 5.74) is 0.756. The van der Waals surface area contributed by atoms with Gasteiger partial charge in [-0.15, -0.1) is 0 Å². The molecule has 0 aromatic carbocycles. The van der Waals surface area contributed by atoms with E-state index in [0.29, 0.717) is 15.0 Å². The van der Waals surface area contributed by atoms with Gasteiger partial charge < -0.3 is 5.11 Å². The highest BCUT2D eigenvalue weighted by molar-refractivity contribution is 8.01. The number of carbonyl (C=O) groups is 1. The number of rotatable bonds is 4. The maximum Gasteiger partial charge on any atom is 0.355 e. The van der Waals surface area contributed by atoms with Gasteiger partial charge in [-0.25, -0.2) is 14.8 Å². The van der Waals surface area contributed by atoms with Crippen molar-refractivity contribution >= 4 is 34.9 Å². The summed E-state index contributed by atoms with van der Waals surface area (Å²) in [4.78, 5) is 20.1. The fourth-order valence-corrected chi connectivity index (χ4v) is 3.48. The second-order valence-electron chi connectivity index (χ2n) is 3.93. The van der Waals surface area contributed by atoms with Gasteiger partial charge in [0.2, 0.25) is 0 Å². The molecule has 0 saturated heterocycles. The number of aromatic carboxylic acids is 1. The molecular formula is C12H10N4O2S2. The van der Waals surface area contributed by atoms with Gasteiger partial charge >= 0.3 is 5.97 Å². The number of imidazole rings is 1. The van der Waals surface area contributed by atoms with Gasteiger partial charge in [-0.2, -0.15) is 4.37 Å². The number of carboxylic acids is 1. The second kappa shape index (κ2) is 5.22. The molecule has 0 unspecified atom stereocenters. The number of fused-ring (bicyclic) bond motifs is 1. The van der Waals surface area contributed by atoms with Crippen molar-refractivity contribution in [2.75, 3.05) is 0 Å². The van der Waals surface area contributed by atoms with Gasteiger partial charge in [0.15, 0.2) is 10.0 Å². The topological polar surface area (TPSA) is 80.4 Å². The first-order chi connectivity index (χ1) is 9.69. The molecule has 3 heterocycles. The standard InChI is InChI=1S/C12H10N4O2S2/c1-2-7-13-12(20-15-7)19-10-9(11(17)18)16-6-4-3-5-8(16)14-10/h3-6H,2H2,1H3,(H,17,18). The van der Waals surface area contributed by atoms with Gasteiger partial charge in [0, 0.05) is 12.6 Å². The van der Waals surface area contributed by atoms with E-state index in [4.69, 9.17) is 0 Å². The molecule has 20 heavy (non-hydrogen) atoms. The highest BCUT2D eigenvalue weighted by atomic mass is 32.2. The molecule has 0 aliphatic carbocycles. The average Bonchev–Trinajstić information content (AvgIpc) is 3.02. The van der Waals surface area contributed by atoms with E-state index in [1.807, 2.05) is 13.0 Å². The van der Waals surface area contributed by atoms with Crippen LogP contribution < -0.4 is 0 Å². The Bertz CT molecular complexity index is 781. The van der Waals surface area contributed by atoms with E-state index in [-0.39, 0.29) is 5.69 Å². The lowest BCUT2D eigenvalue weighted by molar-refractivity contribution is 0.0685. The first kappa shape index (κ1) is 13.1. The van der Waals surface area contributed by atoms with E-state index in [0.717, 1.165) is 12.2 Å². The largest absolute Gasteiger partial charge is 0.476 e. The molecule has 0 bridgehead atoms.